The molecular formula is C12H12O4. The molecule has 1 aromatic carbocycles. The number of ether oxygens (including phenoxy) is 1. The van der Waals surface area contributed by atoms with Crippen LogP contribution in [0.3, 0.4) is 0 Å². The molecule has 0 unspecified atom stereocenters. The zero-order chi connectivity index (χ0) is 12.1. The van der Waals surface area contributed by atoms with Gasteiger partial charge in [0.25, 0.3) is 0 Å². The van der Waals surface area contributed by atoms with E-state index in [1.807, 2.05) is 6.07 Å². The second kappa shape index (κ2) is 5.11. The predicted molar refractivity (Wildman–Crippen MR) is 58.6 cm³/mol. The highest BCUT2D eigenvalue weighted by Crippen LogP contribution is 2.18. The minimum atomic E-state index is -1.13. The molecule has 0 amide bonds. The summed E-state index contributed by atoms with van der Waals surface area (Å²) in [6, 6.07) is 7.00. The fraction of sp³-hybridized carbons (Fsp3) is 0.167. The lowest BCUT2D eigenvalue weighted by atomic mass is 10.0. The monoisotopic (exact) mass is 220 g/mol. The van der Waals surface area contributed by atoms with Crippen molar-refractivity contribution in [3.05, 3.63) is 41.7 Å². The minimum absolute atomic E-state index is 0.0340. The number of esters is 1. The van der Waals surface area contributed by atoms with Crippen molar-refractivity contribution in [2.45, 2.75) is 13.8 Å². The van der Waals surface area contributed by atoms with E-state index in [2.05, 4.69) is 4.74 Å². The fourth-order valence-corrected chi connectivity index (χ4v) is 1.25. The molecule has 84 valence electrons. The van der Waals surface area contributed by atoms with Crippen LogP contribution in [0, 0.1) is 6.92 Å². The normalized spacial score (nSPS) is 11.0. The maximum Gasteiger partial charge on any atom is 0.339 e. The quantitative estimate of drug-likeness (QED) is 0.480. The summed E-state index contributed by atoms with van der Waals surface area (Å²) in [4.78, 5) is 21.6. The average Bonchev–Trinajstić information content (AvgIpc) is 2.20. The van der Waals surface area contributed by atoms with Gasteiger partial charge in [-0.3, -0.25) is 4.79 Å². The van der Waals surface area contributed by atoms with Crippen LogP contribution >= 0.6 is 0 Å². The molecule has 1 N–H and O–H groups in total. The highest BCUT2D eigenvalue weighted by Gasteiger charge is 2.13. The van der Waals surface area contributed by atoms with E-state index < -0.39 is 11.9 Å². The first kappa shape index (κ1) is 12.0. The number of benzene rings is 1. The van der Waals surface area contributed by atoms with Crippen molar-refractivity contribution in [3.63, 3.8) is 0 Å². The van der Waals surface area contributed by atoms with Crippen LogP contribution in [0.2, 0.25) is 0 Å². The maximum absolute atomic E-state index is 11.0. The third-order valence-corrected chi connectivity index (χ3v) is 2.01. The Kier molecular flexibility index (Phi) is 3.83. The zero-order valence-corrected chi connectivity index (χ0v) is 9.06. The van der Waals surface area contributed by atoms with Crippen LogP contribution in [0.1, 0.15) is 18.1 Å². The van der Waals surface area contributed by atoms with E-state index in [0.717, 1.165) is 11.8 Å². The third-order valence-electron chi connectivity index (χ3n) is 2.01. The molecule has 0 saturated carbocycles. The lowest BCUT2D eigenvalue weighted by Gasteiger charge is -2.05. The van der Waals surface area contributed by atoms with E-state index in [4.69, 9.17) is 5.11 Å². The highest BCUT2D eigenvalue weighted by molar-refractivity contribution is 6.15. The van der Waals surface area contributed by atoms with Crippen LogP contribution < -0.4 is 0 Å². The smallest absolute Gasteiger partial charge is 0.339 e. The molecule has 0 aromatic heterocycles. The summed E-state index contributed by atoms with van der Waals surface area (Å²) in [5.41, 5.74) is 1.31. The van der Waals surface area contributed by atoms with Gasteiger partial charge in [0.2, 0.25) is 0 Å². The summed E-state index contributed by atoms with van der Waals surface area (Å²) in [5.74, 6) is -1.68. The van der Waals surface area contributed by atoms with E-state index in [1.165, 1.54) is 6.92 Å². The van der Waals surface area contributed by atoms with Crippen molar-refractivity contribution in [3.8, 4) is 0 Å². The number of carboxylic acid groups (broad SMARTS) is 1. The SMILES string of the molecule is CC(=O)O/C=C(/C(=O)O)c1ccccc1C. The first-order chi connectivity index (χ1) is 7.52. The number of carboxylic acids is 1. The maximum atomic E-state index is 11.0. The molecule has 4 heteroatoms. The Bertz CT molecular complexity index is 446. The molecule has 1 rings (SSSR count). The van der Waals surface area contributed by atoms with Crippen LogP contribution in [0.4, 0.5) is 0 Å². The number of carbonyl (C=O) groups is 2. The Morgan fingerprint density at radius 2 is 1.94 bits per heavy atom. The number of aliphatic carboxylic acids is 1. The van der Waals surface area contributed by atoms with Crippen molar-refractivity contribution in [2.75, 3.05) is 0 Å². The van der Waals surface area contributed by atoms with Gasteiger partial charge < -0.3 is 9.84 Å². The fourth-order valence-electron chi connectivity index (χ4n) is 1.25. The van der Waals surface area contributed by atoms with Gasteiger partial charge in [-0.15, -0.1) is 0 Å². The number of hydrogen-bond acceptors (Lipinski definition) is 3. The average molecular weight is 220 g/mol. The van der Waals surface area contributed by atoms with Crippen LogP contribution in [0.5, 0.6) is 0 Å². The molecular weight excluding hydrogens is 208 g/mol. The summed E-state index contributed by atoms with van der Waals surface area (Å²) in [5, 5.41) is 9.00. The molecule has 0 aliphatic rings. The van der Waals surface area contributed by atoms with Gasteiger partial charge in [-0.05, 0) is 18.1 Å². The second-order valence-corrected chi connectivity index (χ2v) is 3.26. The summed E-state index contributed by atoms with van der Waals surface area (Å²) >= 11 is 0. The van der Waals surface area contributed by atoms with Gasteiger partial charge in [0, 0.05) is 6.92 Å². The largest absolute Gasteiger partial charge is 0.478 e. The Morgan fingerprint density at radius 3 is 2.44 bits per heavy atom. The molecule has 0 spiro atoms. The van der Waals surface area contributed by atoms with Crippen LogP contribution in [0.25, 0.3) is 5.57 Å². The summed E-state index contributed by atoms with van der Waals surface area (Å²) in [7, 11) is 0. The molecule has 0 saturated heterocycles. The molecule has 0 radical (unpaired) electrons. The number of carbonyl (C=O) groups excluding carboxylic acids is 1. The van der Waals surface area contributed by atoms with Gasteiger partial charge >= 0.3 is 11.9 Å². The van der Waals surface area contributed by atoms with Crippen molar-refractivity contribution in [1.82, 2.24) is 0 Å². The molecule has 16 heavy (non-hydrogen) atoms. The van der Waals surface area contributed by atoms with E-state index in [0.29, 0.717) is 5.56 Å². The standard InChI is InChI=1S/C12H12O4/c1-8-5-3-4-6-10(8)11(12(14)15)7-16-9(2)13/h3-7H,1-2H3,(H,14,15)/b11-7+. The summed E-state index contributed by atoms with van der Waals surface area (Å²) in [6.07, 6.45) is 0.965. The number of hydrogen-bond donors (Lipinski definition) is 1. The van der Waals surface area contributed by atoms with Crippen molar-refractivity contribution < 1.29 is 19.4 Å². The second-order valence-electron chi connectivity index (χ2n) is 3.26. The molecule has 0 heterocycles. The van der Waals surface area contributed by atoms with Gasteiger partial charge in [-0.1, -0.05) is 24.3 Å². The van der Waals surface area contributed by atoms with Gasteiger partial charge in [0.1, 0.15) is 11.8 Å². The molecule has 0 bridgehead atoms. The first-order valence-electron chi connectivity index (χ1n) is 4.69. The van der Waals surface area contributed by atoms with Gasteiger partial charge in [-0.2, -0.15) is 0 Å². The Balaban J connectivity index is 3.13. The number of rotatable bonds is 3. The lowest BCUT2D eigenvalue weighted by molar-refractivity contribution is -0.135. The van der Waals surface area contributed by atoms with Crippen LogP contribution in [0.15, 0.2) is 30.5 Å². The van der Waals surface area contributed by atoms with Gasteiger partial charge in [0.05, 0.1) is 0 Å². The van der Waals surface area contributed by atoms with E-state index in [-0.39, 0.29) is 5.57 Å². The Labute approximate surface area is 93.2 Å². The van der Waals surface area contributed by atoms with Crippen LogP contribution in [-0.2, 0) is 14.3 Å². The summed E-state index contributed by atoms with van der Waals surface area (Å²) in [6.45, 7) is 3.01. The molecule has 0 fully saturated rings. The van der Waals surface area contributed by atoms with Crippen molar-refractivity contribution in [1.29, 1.82) is 0 Å². The Morgan fingerprint density at radius 1 is 1.31 bits per heavy atom. The molecule has 0 aliphatic carbocycles. The van der Waals surface area contributed by atoms with Crippen molar-refractivity contribution >= 4 is 17.5 Å². The lowest BCUT2D eigenvalue weighted by Crippen LogP contribution is -2.03. The molecule has 0 aliphatic heterocycles. The summed E-state index contributed by atoms with van der Waals surface area (Å²) < 4.78 is 4.59. The molecule has 4 nitrogen and oxygen atoms in total. The molecule has 0 atom stereocenters. The zero-order valence-electron chi connectivity index (χ0n) is 9.06. The van der Waals surface area contributed by atoms with Gasteiger partial charge in [-0.25, -0.2) is 4.79 Å². The van der Waals surface area contributed by atoms with Crippen molar-refractivity contribution in [2.24, 2.45) is 0 Å². The van der Waals surface area contributed by atoms with Crippen LogP contribution in [-0.4, -0.2) is 17.0 Å². The van der Waals surface area contributed by atoms with E-state index >= 15 is 0 Å². The third kappa shape index (κ3) is 2.95. The number of aryl methyl sites for hydroxylation is 1. The topological polar surface area (TPSA) is 63.6 Å². The van der Waals surface area contributed by atoms with Gasteiger partial charge in [0.15, 0.2) is 0 Å². The predicted octanol–water partition coefficient (Wildman–Crippen LogP) is 1.98. The van der Waals surface area contributed by atoms with E-state index in [9.17, 15) is 9.59 Å². The van der Waals surface area contributed by atoms with E-state index in [1.54, 1.807) is 25.1 Å². The molecule has 1 aromatic rings. The first-order valence-corrected chi connectivity index (χ1v) is 4.69. The minimum Gasteiger partial charge on any atom is -0.478 e. The Hall–Kier alpha value is -2.10. The highest BCUT2D eigenvalue weighted by atomic mass is 16.5.